The number of nitrogens with zero attached hydrogens (tertiary/aromatic N) is 2. The first-order valence-electron chi connectivity index (χ1n) is 15.0. The van der Waals surface area contributed by atoms with Crippen molar-refractivity contribution in [3.63, 3.8) is 0 Å². The second-order valence-corrected chi connectivity index (χ2v) is 11.2. The molecule has 9 heteroatoms. The minimum atomic E-state index is -0.756. The molecular formula is C36H35FN2O6. The van der Waals surface area contributed by atoms with E-state index in [0.717, 1.165) is 20.9 Å². The molecule has 2 fully saturated rings. The number of imide groups is 2. The Kier molecular flexibility index (Phi) is 10.2. The number of carbonyl (C=O) groups is 4. The Balaban J connectivity index is 1.40. The minimum absolute atomic E-state index is 0.0236. The normalized spacial score (nSPS) is 18.8. The van der Waals surface area contributed by atoms with Crippen molar-refractivity contribution >= 4 is 24.0 Å². The summed E-state index contributed by atoms with van der Waals surface area (Å²) in [5, 5.41) is 0. The summed E-state index contributed by atoms with van der Waals surface area (Å²) in [4.78, 5) is 55.7. The largest absolute Gasteiger partial charge is 0.447 e. The molecule has 0 aliphatic carbocycles. The molecule has 0 aromatic heterocycles. The molecule has 3 unspecified atom stereocenters. The molecule has 3 aromatic carbocycles. The third kappa shape index (κ3) is 7.73. The monoisotopic (exact) mass is 610 g/mol. The first-order valence-corrected chi connectivity index (χ1v) is 15.0. The number of carbonyl (C=O) groups excluding carboxylic acids is 4. The summed E-state index contributed by atoms with van der Waals surface area (Å²) in [6.45, 7) is 3.92. The summed E-state index contributed by atoms with van der Waals surface area (Å²) in [5.41, 5.74) is 2.64. The van der Waals surface area contributed by atoms with Crippen molar-refractivity contribution in [3.05, 3.63) is 132 Å². The lowest BCUT2D eigenvalue weighted by Crippen LogP contribution is -2.43. The van der Waals surface area contributed by atoms with Crippen molar-refractivity contribution < 1.29 is 33.0 Å². The zero-order valence-electron chi connectivity index (χ0n) is 24.8. The average molecular weight is 611 g/mol. The molecule has 0 bridgehead atoms. The van der Waals surface area contributed by atoms with Crippen molar-refractivity contribution in [3.8, 4) is 0 Å². The number of benzene rings is 3. The molecular weight excluding hydrogens is 575 g/mol. The molecule has 8 nitrogen and oxygen atoms in total. The van der Waals surface area contributed by atoms with Crippen LogP contribution >= 0.6 is 0 Å². The number of ether oxygens (including phenoxy) is 2. The summed E-state index contributed by atoms with van der Waals surface area (Å²) >= 11 is 0. The summed E-state index contributed by atoms with van der Waals surface area (Å²) in [6, 6.07) is 23.8. The van der Waals surface area contributed by atoms with Crippen LogP contribution < -0.4 is 0 Å². The van der Waals surface area contributed by atoms with E-state index in [-0.39, 0.29) is 38.0 Å². The molecule has 5 rings (SSSR count). The van der Waals surface area contributed by atoms with E-state index in [1.165, 1.54) is 12.1 Å². The fraction of sp³-hybridized carbons (Fsp3) is 0.278. The van der Waals surface area contributed by atoms with E-state index < -0.39 is 47.8 Å². The van der Waals surface area contributed by atoms with Crippen LogP contribution in [0.1, 0.15) is 29.5 Å². The van der Waals surface area contributed by atoms with Gasteiger partial charge < -0.3 is 9.47 Å². The molecule has 3 aromatic rings. The van der Waals surface area contributed by atoms with Crippen LogP contribution in [0, 0.1) is 11.7 Å². The van der Waals surface area contributed by atoms with E-state index in [1.54, 1.807) is 24.3 Å². The van der Waals surface area contributed by atoms with Crippen LogP contribution in [0.25, 0.3) is 0 Å². The Morgan fingerprint density at radius 3 is 1.93 bits per heavy atom. The Morgan fingerprint density at radius 1 is 0.800 bits per heavy atom. The molecule has 232 valence electrons. The van der Waals surface area contributed by atoms with Gasteiger partial charge in [-0.2, -0.15) is 0 Å². The van der Waals surface area contributed by atoms with Crippen molar-refractivity contribution in [1.82, 2.24) is 9.80 Å². The van der Waals surface area contributed by atoms with E-state index in [0.29, 0.717) is 18.4 Å². The fourth-order valence-electron chi connectivity index (χ4n) is 5.75. The van der Waals surface area contributed by atoms with Gasteiger partial charge in [-0.05, 0) is 54.5 Å². The lowest BCUT2D eigenvalue weighted by Gasteiger charge is -2.25. The lowest BCUT2D eigenvalue weighted by atomic mass is 9.94. The van der Waals surface area contributed by atoms with Gasteiger partial charge in [0, 0.05) is 17.9 Å². The van der Waals surface area contributed by atoms with Gasteiger partial charge in [-0.15, -0.1) is 6.58 Å². The van der Waals surface area contributed by atoms with E-state index in [1.807, 2.05) is 60.7 Å². The Hall–Kier alpha value is -5.05. The van der Waals surface area contributed by atoms with Gasteiger partial charge in [0.1, 0.15) is 19.0 Å². The van der Waals surface area contributed by atoms with Gasteiger partial charge in [0.05, 0.1) is 12.1 Å². The number of cyclic esters (lactones) is 2. The third-order valence-corrected chi connectivity index (χ3v) is 8.01. The van der Waals surface area contributed by atoms with Gasteiger partial charge in [-0.25, -0.2) is 23.8 Å². The van der Waals surface area contributed by atoms with Crippen LogP contribution in [-0.2, 0) is 38.3 Å². The number of hydrogen-bond donors (Lipinski definition) is 0. The highest BCUT2D eigenvalue weighted by Gasteiger charge is 2.41. The standard InChI is InChI=1S/C36H35FN2O6/c1-2-10-28(33(40)38-31(23-44-35(38)42)21-25-11-5-3-6-12-25)17-18-29(19-27-15-9-16-30(37)20-27)34(41)39-32(24-45-36(39)43)22-26-13-7-4-8-14-26/h2-9,11-16,18,20,28,31-32H,1,10,17,19,21-24H2/b29-18+. The first-order chi connectivity index (χ1) is 21.8. The number of hydrogen-bond acceptors (Lipinski definition) is 6. The zero-order chi connectivity index (χ0) is 31.8. The highest BCUT2D eigenvalue weighted by atomic mass is 19.1. The lowest BCUT2D eigenvalue weighted by molar-refractivity contribution is -0.133. The number of allylic oxidation sites excluding steroid dienone is 2. The number of rotatable bonds is 12. The number of halogens is 1. The summed E-state index contributed by atoms with van der Waals surface area (Å²) in [7, 11) is 0. The van der Waals surface area contributed by atoms with Gasteiger partial charge in [0.25, 0.3) is 5.91 Å². The second kappa shape index (κ2) is 14.6. The maximum atomic E-state index is 14.1. The molecule has 45 heavy (non-hydrogen) atoms. The molecule has 0 N–H and O–H groups in total. The maximum Gasteiger partial charge on any atom is 0.417 e. The maximum absolute atomic E-state index is 14.1. The average Bonchev–Trinajstić information content (AvgIpc) is 3.59. The van der Waals surface area contributed by atoms with Crippen LogP contribution in [0.3, 0.4) is 0 Å². The predicted octanol–water partition coefficient (Wildman–Crippen LogP) is 6.06. The molecule has 2 aliphatic rings. The molecule has 2 heterocycles. The van der Waals surface area contributed by atoms with Crippen molar-refractivity contribution in [2.45, 2.75) is 44.2 Å². The van der Waals surface area contributed by atoms with Gasteiger partial charge in [-0.3, -0.25) is 9.59 Å². The minimum Gasteiger partial charge on any atom is -0.447 e. The second-order valence-electron chi connectivity index (χ2n) is 11.2. The van der Waals surface area contributed by atoms with Crippen LogP contribution in [0.2, 0.25) is 0 Å². The quantitative estimate of drug-likeness (QED) is 0.183. The Bertz CT molecular complexity index is 1570. The fourth-order valence-corrected chi connectivity index (χ4v) is 5.75. The van der Waals surface area contributed by atoms with Crippen molar-refractivity contribution in [2.75, 3.05) is 13.2 Å². The summed E-state index contributed by atoms with van der Waals surface area (Å²) in [5.74, 6) is -2.20. The van der Waals surface area contributed by atoms with Gasteiger partial charge >= 0.3 is 12.2 Å². The van der Waals surface area contributed by atoms with Crippen LogP contribution in [-0.4, -0.2) is 59.1 Å². The van der Waals surface area contributed by atoms with E-state index in [2.05, 4.69) is 6.58 Å². The van der Waals surface area contributed by atoms with Crippen LogP contribution in [0.15, 0.2) is 109 Å². The van der Waals surface area contributed by atoms with Gasteiger partial charge in [-0.1, -0.05) is 84.9 Å². The molecule has 0 saturated carbocycles. The van der Waals surface area contributed by atoms with E-state index >= 15 is 0 Å². The third-order valence-electron chi connectivity index (χ3n) is 8.01. The van der Waals surface area contributed by atoms with Crippen molar-refractivity contribution in [2.24, 2.45) is 5.92 Å². The highest BCUT2D eigenvalue weighted by Crippen LogP contribution is 2.26. The van der Waals surface area contributed by atoms with Gasteiger partial charge in [0.2, 0.25) is 5.91 Å². The van der Waals surface area contributed by atoms with E-state index in [9.17, 15) is 23.6 Å². The molecule has 0 radical (unpaired) electrons. The topological polar surface area (TPSA) is 93.2 Å². The zero-order valence-corrected chi connectivity index (χ0v) is 24.8. The number of amides is 4. The molecule has 2 aliphatic heterocycles. The Labute approximate surface area is 261 Å². The van der Waals surface area contributed by atoms with Gasteiger partial charge in [0.15, 0.2) is 0 Å². The van der Waals surface area contributed by atoms with Crippen LogP contribution in [0.4, 0.5) is 14.0 Å². The van der Waals surface area contributed by atoms with Crippen molar-refractivity contribution in [1.29, 1.82) is 0 Å². The summed E-state index contributed by atoms with van der Waals surface area (Å²) in [6.07, 6.45) is 2.92. The highest BCUT2D eigenvalue weighted by molar-refractivity contribution is 6.04. The molecule has 0 spiro atoms. The molecule has 4 amide bonds. The first kappa shape index (κ1) is 31.4. The SMILES string of the molecule is C=CCC(C/C=C(\Cc1cccc(F)c1)C(=O)N1C(=O)OCC1Cc1ccccc1)C(=O)N1C(=O)OCC1Cc1ccccc1. The van der Waals surface area contributed by atoms with E-state index in [4.69, 9.17) is 9.47 Å². The summed E-state index contributed by atoms with van der Waals surface area (Å²) < 4.78 is 24.7. The van der Waals surface area contributed by atoms with Crippen LogP contribution in [0.5, 0.6) is 0 Å². The molecule has 3 atom stereocenters. The smallest absolute Gasteiger partial charge is 0.417 e. The molecule has 2 saturated heterocycles. The predicted molar refractivity (Wildman–Crippen MR) is 165 cm³/mol. The Morgan fingerprint density at radius 2 is 1.36 bits per heavy atom.